The number of rotatable bonds is 17. The molecule has 1 aliphatic carbocycles. The molecule has 4 amide bonds. The molecule has 1 aromatic heterocycles. The number of hydrogen-bond donors (Lipinski definition) is 6. The first-order chi connectivity index (χ1) is 26.9. The van der Waals surface area contributed by atoms with Gasteiger partial charge < -0.3 is 36.1 Å². The Morgan fingerprint density at radius 3 is 2.16 bits per heavy atom. The van der Waals surface area contributed by atoms with E-state index in [4.69, 9.17) is 4.74 Å². The lowest BCUT2D eigenvalue weighted by molar-refractivity contribution is -0.131. The lowest BCUT2D eigenvalue weighted by Crippen LogP contribution is -2.58. The summed E-state index contributed by atoms with van der Waals surface area (Å²) >= 11 is 0. The molecule has 5 atom stereocenters. The molecule has 4 aromatic rings. The van der Waals surface area contributed by atoms with Crippen molar-refractivity contribution in [2.75, 3.05) is 7.05 Å². The Bertz CT molecular complexity index is 1870. The molecule has 300 valence electrons. The van der Waals surface area contributed by atoms with Gasteiger partial charge in [0, 0.05) is 37.7 Å². The Labute approximate surface area is 330 Å². The third-order valence-corrected chi connectivity index (χ3v) is 10.4. The average Bonchev–Trinajstić information content (AvgIpc) is 3.69. The van der Waals surface area contributed by atoms with E-state index in [1.165, 1.54) is 6.33 Å². The summed E-state index contributed by atoms with van der Waals surface area (Å²) in [5, 5.41) is 25.6. The molecule has 0 radical (unpaired) electrons. The number of hydrogen-bond acceptors (Lipinski definition) is 7. The second-order valence-electron chi connectivity index (χ2n) is 16.1. The number of aliphatic hydroxyl groups excluding tert-OH is 1. The van der Waals surface area contributed by atoms with Crippen molar-refractivity contribution >= 4 is 34.6 Å². The van der Waals surface area contributed by atoms with Crippen LogP contribution in [0.3, 0.4) is 0 Å². The predicted molar refractivity (Wildman–Crippen MR) is 216 cm³/mol. The molecule has 1 aliphatic rings. The monoisotopic (exact) mass is 766 g/mol. The van der Waals surface area contributed by atoms with Gasteiger partial charge >= 0.3 is 6.09 Å². The number of H-pyrrole nitrogens is 1. The fourth-order valence-electron chi connectivity index (χ4n) is 7.58. The molecule has 1 fully saturated rings. The van der Waals surface area contributed by atoms with Crippen LogP contribution in [-0.2, 0) is 38.4 Å². The second-order valence-corrected chi connectivity index (χ2v) is 16.1. The summed E-state index contributed by atoms with van der Waals surface area (Å²) in [6.45, 7) is 5.21. The van der Waals surface area contributed by atoms with Gasteiger partial charge in [0.2, 0.25) is 17.7 Å². The fourth-order valence-corrected chi connectivity index (χ4v) is 7.58. The lowest BCUT2D eigenvalue weighted by Gasteiger charge is -2.33. The first-order valence-electron chi connectivity index (χ1n) is 19.9. The zero-order valence-corrected chi connectivity index (χ0v) is 33.1. The third-order valence-electron chi connectivity index (χ3n) is 10.4. The van der Waals surface area contributed by atoms with Gasteiger partial charge in [0.05, 0.1) is 18.5 Å². The number of ether oxygens (including phenoxy) is 1. The van der Waals surface area contributed by atoms with Crippen molar-refractivity contribution in [2.24, 2.45) is 11.8 Å². The van der Waals surface area contributed by atoms with E-state index in [1.54, 1.807) is 34.0 Å². The summed E-state index contributed by atoms with van der Waals surface area (Å²) in [5.74, 6) is -1.52. The van der Waals surface area contributed by atoms with Gasteiger partial charge in [-0.3, -0.25) is 14.4 Å². The maximum Gasteiger partial charge on any atom is 0.408 e. The van der Waals surface area contributed by atoms with E-state index in [-0.39, 0.29) is 31.1 Å². The summed E-state index contributed by atoms with van der Waals surface area (Å²) < 4.78 is 5.48. The highest BCUT2D eigenvalue weighted by Crippen LogP contribution is 2.30. The number of imidazole rings is 1. The Morgan fingerprint density at radius 2 is 1.48 bits per heavy atom. The Kier molecular flexibility index (Phi) is 15.0. The van der Waals surface area contributed by atoms with Crippen molar-refractivity contribution in [3.05, 3.63) is 102 Å². The van der Waals surface area contributed by atoms with Crippen molar-refractivity contribution in [3.63, 3.8) is 0 Å². The van der Waals surface area contributed by atoms with Crippen molar-refractivity contribution in [1.82, 2.24) is 31.2 Å². The number of fused-ring (bicyclic) bond motifs is 1. The minimum absolute atomic E-state index is 0.0805. The number of carbonyl (C=O) groups is 4. The number of nitrogens with zero attached hydrogens (tertiary/aromatic N) is 1. The molecular weight excluding hydrogens is 709 g/mol. The number of aromatic nitrogens is 2. The zero-order chi connectivity index (χ0) is 40.1. The Hall–Kier alpha value is -5.23. The topological polar surface area (TPSA) is 175 Å². The van der Waals surface area contributed by atoms with Gasteiger partial charge in [-0.15, -0.1) is 0 Å². The molecular formula is C44H58N6O6. The van der Waals surface area contributed by atoms with Crippen LogP contribution >= 0.6 is 0 Å². The smallest absolute Gasteiger partial charge is 0.408 e. The quantitative estimate of drug-likeness (QED) is 0.0819. The molecule has 5 rings (SSSR count). The van der Waals surface area contributed by atoms with E-state index < -0.39 is 53.7 Å². The lowest BCUT2D eigenvalue weighted by atomic mass is 9.81. The van der Waals surface area contributed by atoms with Gasteiger partial charge in [0.25, 0.3) is 0 Å². The van der Waals surface area contributed by atoms with E-state index in [0.717, 1.165) is 54.0 Å². The van der Waals surface area contributed by atoms with Crippen LogP contribution in [0.1, 0.15) is 82.5 Å². The largest absolute Gasteiger partial charge is 0.444 e. The minimum Gasteiger partial charge on any atom is -0.444 e. The SMILES string of the molecule is CNC(=O)C(Cc1ccc2ccccc2c1)CC(O)[C@H](CC1CCCCC1)NC(=O)[C@H](Cc1cnc[nH]1)NC(=O)[C@H](Cc1ccccc1)NC(=O)OC(C)(C)C. The molecule has 0 spiro atoms. The van der Waals surface area contributed by atoms with Crippen LogP contribution in [0.5, 0.6) is 0 Å². The van der Waals surface area contributed by atoms with E-state index in [1.807, 2.05) is 66.7 Å². The Balaban J connectivity index is 1.37. The highest BCUT2D eigenvalue weighted by Gasteiger charge is 2.34. The van der Waals surface area contributed by atoms with Gasteiger partial charge in [-0.05, 0) is 67.9 Å². The van der Waals surface area contributed by atoms with E-state index in [9.17, 15) is 24.3 Å². The standard InChI is InChI=1S/C44H58N6O6/c1-44(2,3)56-43(55)50-37(24-30-15-9-6-10-16-30)41(53)49-38(26-35-27-46-28-47-35)42(54)48-36(23-29-13-7-5-8-14-29)39(51)25-34(40(52)45-4)22-31-19-20-32-17-11-12-18-33(32)21-31/h6,9-12,15-21,27-29,34,36-39,51H,5,7-8,13-14,22-26H2,1-4H3,(H,45,52)(H,46,47)(H,48,54)(H,49,53)(H,50,55)/t34?,36-,37-,38-,39?/m0/s1. The van der Waals surface area contributed by atoms with Gasteiger partial charge in [0.15, 0.2) is 0 Å². The number of aromatic amines is 1. The van der Waals surface area contributed by atoms with Crippen LogP contribution in [0.25, 0.3) is 10.8 Å². The first kappa shape index (κ1) is 41.9. The molecule has 2 unspecified atom stereocenters. The molecule has 3 aromatic carbocycles. The maximum absolute atomic E-state index is 14.4. The molecule has 1 heterocycles. The van der Waals surface area contributed by atoms with Crippen molar-refractivity contribution in [2.45, 2.75) is 115 Å². The number of benzene rings is 3. The number of aliphatic hydroxyl groups is 1. The third kappa shape index (κ3) is 12.9. The normalized spacial score (nSPS) is 16.2. The summed E-state index contributed by atoms with van der Waals surface area (Å²) in [7, 11) is 1.59. The highest BCUT2D eigenvalue weighted by molar-refractivity contribution is 5.92. The van der Waals surface area contributed by atoms with Crippen molar-refractivity contribution in [1.29, 1.82) is 0 Å². The summed E-state index contributed by atoms with van der Waals surface area (Å²) in [6.07, 6.45) is 7.88. The van der Waals surface area contributed by atoms with Crippen LogP contribution < -0.4 is 21.3 Å². The molecule has 0 saturated heterocycles. The summed E-state index contributed by atoms with van der Waals surface area (Å²) in [4.78, 5) is 61.8. The molecule has 12 heteroatoms. The number of carbonyl (C=O) groups excluding carboxylic acids is 4. The van der Waals surface area contributed by atoms with Crippen LogP contribution in [-0.4, -0.2) is 75.8 Å². The summed E-state index contributed by atoms with van der Waals surface area (Å²) in [6, 6.07) is 20.6. The first-order valence-corrected chi connectivity index (χ1v) is 19.9. The predicted octanol–water partition coefficient (Wildman–Crippen LogP) is 5.54. The number of nitrogens with one attached hydrogen (secondary N) is 5. The van der Waals surface area contributed by atoms with Gasteiger partial charge in [-0.25, -0.2) is 9.78 Å². The second kappa shape index (κ2) is 20.1. The van der Waals surface area contributed by atoms with Crippen LogP contribution in [0.2, 0.25) is 0 Å². The molecule has 6 N–H and O–H groups in total. The van der Waals surface area contributed by atoms with Crippen LogP contribution in [0.15, 0.2) is 85.3 Å². The van der Waals surface area contributed by atoms with E-state index >= 15 is 0 Å². The molecule has 12 nitrogen and oxygen atoms in total. The van der Waals surface area contributed by atoms with Gasteiger partial charge in [0.1, 0.15) is 17.7 Å². The minimum atomic E-state index is -1.09. The van der Waals surface area contributed by atoms with Crippen LogP contribution in [0, 0.1) is 11.8 Å². The Morgan fingerprint density at radius 1 is 0.804 bits per heavy atom. The zero-order valence-electron chi connectivity index (χ0n) is 33.1. The van der Waals surface area contributed by atoms with Crippen LogP contribution in [0.4, 0.5) is 4.79 Å². The molecule has 0 aliphatic heterocycles. The number of amides is 4. The highest BCUT2D eigenvalue weighted by atomic mass is 16.6. The van der Waals surface area contributed by atoms with Gasteiger partial charge in [-0.1, -0.05) is 105 Å². The number of alkyl carbamates (subject to hydrolysis) is 1. The van der Waals surface area contributed by atoms with Crippen molar-refractivity contribution < 1.29 is 29.0 Å². The van der Waals surface area contributed by atoms with E-state index in [2.05, 4.69) is 37.3 Å². The van der Waals surface area contributed by atoms with E-state index in [0.29, 0.717) is 18.5 Å². The molecule has 1 saturated carbocycles. The fraction of sp³-hybridized carbons (Fsp3) is 0.477. The van der Waals surface area contributed by atoms with Gasteiger partial charge in [-0.2, -0.15) is 0 Å². The maximum atomic E-state index is 14.4. The van der Waals surface area contributed by atoms with Crippen molar-refractivity contribution in [3.8, 4) is 0 Å². The molecule has 56 heavy (non-hydrogen) atoms. The summed E-state index contributed by atoms with van der Waals surface area (Å²) in [5.41, 5.74) is 1.61. The average molecular weight is 767 g/mol. The molecule has 0 bridgehead atoms.